The number of benzene rings is 3. The smallest absolute Gasteiger partial charge is 0.419 e. The Morgan fingerprint density at radius 3 is 2.00 bits per heavy atom. The first-order valence-corrected chi connectivity index (χ1v) is 12.4. The molecule has 1 aliphatic heterocycles. The Morgan fingerprint density at radius 1 is 0.917 bits per heavy atom. The van der Waals surface area contributed by atoms with Crippen LogP contribution >= 0.6 is 0 Å². The van der Waals surface area contributed by atoms with Crippen molar-refractivity contribution in [2.45, 2.75) is 37.6 Å². The Hall–Kier alpha value is -3.74. The van der Waals surface area contributed by atoms with Gasteiger partial charge < -0.3 is 14.2 Å². The lowest BCUT2D eigenvalue weighted by Crippen LogP contribution is -2.35. The predicted octanol–water partition coefficient (Wildman–Crippen LogP) is 6.12. The normalized spacial score (nSPS) is 17.7. The SMILES string of the molecule is CCOC(=O)n1cnc([C@H]2CC[C@H](COC(c3ccccc3)(c3ccccc3)c3ccccc3)O2)c1. The van der Waals surface area contributed by atoms with Gasteiger partial charge in [0.15, 0.2) is 0 Å². The number of carbonyl (C=O) groups is 1. The summed E-state index contributed by atoms with van der Waals surface area (Å²) >= 11 is 0. The third-order valence-corrected chi connectivity index (χ3v) is 6.55. The largest absolute Gasteiger partial charge is 0.449 e. The summed E-state index contributed by atoms with van der Waals surface area (Å²) in [7, 11) is 0. The second kappa shape index (κ2) is 10.9. The Balaban J connectivity index is 1.40. The average Bonchev–Trinajstić information content (AvgIpc) is 3.61. The van der Waals surface area contributed by atoms with Crippen LogP contribution in [0.5, 0.6) is 0 Å². The van der Waals surface area contributed by atoms with Crippen LogP contribution in [0.4, 0.5) is 4.79 Å². The molecule has 0 aliphatic carbocycles. The van der Waals surface area contributed by atoms with E-state index in [1.54, 1.807) is 13.1 Å². The maximum absolute atomic E-state index is 12.0. The molecule has 184 valence electrons. The lowest BCUT2D eigenvalue weighted by atomic mass is 9.80. The predicted molar refractivity (Wildman–Crippen MR) is 137 cm³/mol. The molecule has 0 spiro atoms. The molecule has 1 fully saturated rings. The minimum atomic E-state index is -0.781. The number of nitrogens with zero attached hydrogens (tertiary/aromatic N) is 2. The molecule has 6 heteroatoms. The van der Waals surface area contributed by atoms with Gasteiger partial charge in [-0.25, -0.2) is 14.3 Å². The summed E-state index contributed by atoms with van der Waals surface area (Å²) in [5, 5.41) is 0. The van der Waals surface area contributed by atoms with Crippen LogP contribution in [0.15, 0.2) is 104 Å². The minimum absolute atomic E-state index is 0.0988. The lowest BCUT2D eigenvalue weighted by Gasteiger charge is -2.36. The van der Waals surface area contributed by atoms with Gasteiger partial charge in [0.2, 0.25) is 0 Å². The zero-order valence-corrected chi connectivity index (χ0v) is 20.3. The topological polar surface area (TPSA) is 62.6 Å². The van der Waals surface area contributed by atoms with Crippen molar-refractivity contribution in [3.05, 3.63) is 126 Å². The van der Waals surface area contributed by atoms with Crippen molar-refractivity contribution >= 4 is 6.09 Å². The van der Waals surface area contributed by atoms with E-state index < -0.39 is 11.7 Å². The van der Waals surface area contributed by atoms with Crippen LogP contribution in [0, 0.1) is 0 Å². The number of imidazole rings is 1. The molecule has 6 nitrogen and oxygen atoms in total. The highest BCUT2D eigenvalue weighted by Crippen LogP contribution is 2.41. The van der Waals surface area contributed by atoms with Crippen LogP contribution in [-0.2, 0) is 19.8 Å². The molecule has 4 aromatic rings. The number of ether oxygens (including phenoxy) is 3. The molecule has 5 rings (SSSR count). The van der Waals surface area contributed by atoms with E-state index in [9.17, 15) is 4.79 Å². The van der Waals surface area contributed by atoms with Crippen molar-refractivity contribution in [1.29, 1.82) is 0 Å². The summed E-state index contributed by atoms with van der Waals surface area (Å²) in [6.07, 6.45) is 4.09. The molecule has 2 heterocycles. The van der Waals surface area contributed by atoms with E-state index >= 15 is 0 Å². The van der Waals surface area contributed by atoms with Crippen molar-refractivity contribution in [1.82, 2.24) is 9.55 Å². The van der Waals surface area contributed by atoms with Crippen molar-refractivity contribution in [3.8, 4) is 0 Å². The Labute approximate surface area is 211 Å². The summed E-state index contributed by atoms with van der Waals surface area (Å²) in [6, 6.07) is 31.0. The molecule has 0 N–H and O–H groups in total. The Bertz CT molecular complexity index is 1160. The molecule has 0 saturated carbocycles. The molecule has 0 radical (unpaired) electrons. The van der Waals surface area contributed by atoms with Gasteiger partial charge in [-0.05, 0) is 36.5 Å². The van der Waals surface area contributed by atoms with Gasteiger partial charge in [0.05, 0.1) is 25.0 Å². The molecule has 36 heavy (non-hydrogen) atoms. The summed E-state index contributed by atoms with van der Waals surface area (Å²) in [5.41, 5.74) is 3.13. The summed E-state index contributed by atoms with van der Waals surface area (Å²) < 4.78 is 19.7. The first-order valence-electron chi connectivity index (χ1n) is 12.4. The second-order valence-electron chi connectivity index (χ2n) is 8.82. The fourth-order valence-electron chi connectivity index (χ4n) is 4.83. The fourth-order valence-corrected chi connectivity index (χ4v) is 4.83. The van der Waals surface area contributed by atoms with Gasteiger partial charge >= 0.3 is 6.09 Å². The third-order valence-electron chi connectivity index (χ3n) is 6.55. The highest BCUT2D eigenvalue weighted by atomic mass is 16.6. The Morgan fingerprint density at radius 2 is 1.47 bits per heavy atom. The van der Waals surface area contributed by atoms with Crippen LogP contribution in [0.1, 0.15) is 48.3 Å². The summed E-state index contributed by atoms with van der Waals surface area (Å²) in [6.45, 7) is 2.51. The van der Waals surface area contributed by atoms with E-state index in [2.05, 4.69) is 41.4 Å². The summed E-state index contributed by atoms with van der Waals surface area (Å²) in [4.78, 5) is 16.4. The van der Waals surface area contributed by atoms with Crippen molar-refractivity contribution in [2.75, 3.05) is 13.2 Å². The Kier molecular flexibility index (Phi) is 7.26. The van der Waals surface area contributed by atoms with E-state index in [0.29, 0.717) is 13.2 Å². The van der Waals surface area contributed by atoms with Gasteiger partial charge in [-0.2, -0.15) is 0 Å². The monoisotopic (exact) mass is 482 g/mol. The number of hydrogen-bond donors (Lipinski definition) is 0. The maximum atomic E-state index is 12.0. The highest BCUT2D eigenvalue weighted by molar-refractivity contribution is 5.70. The van der Waals surface area contributed by atoms with E-state index in [1.807, 2.05) is 54.6 Å². The van der Waals surface area contributed by atoms with Gasteiger partial charge in [0.25, 0.3) is 0 Å². The second-order valence-corrected chi connectivity index (χ2v) is 8.82. The van der Waals surface area contributed by atoms with E-state index in [-0.39, 0.29) is 12.2 Å². The van der Waals surface area contributed by atoms with Crippen molar-refractivity contribution in [2.24, 2.45) is 0 Å². The van der Waals surface area contributed by atoms with E-state index in [0.717, 1.165) is 35.2 Å². The van der Waals surface area contributed by atoms with E-state index in [4.69, 9.17) is 14.2 Å². The molecule has 3 aromatic carbocycles. The average molecular weight is 483 g/mol. The molecule has 0 unspecified atom stereocenters. The van der Waals surface area contributed by atoms with Gasteiger partial charge in [0.1, 0.15) is 18.0 Å². The molecular weight excluding hydrogens is 452 g/mol. The van der Waals surface area contributed by atoms with Gasteiger partial charge in [-0.1, -0.05) is 91.0 Å². The van der Waals surface area contributed by atoms with Gasteiger partial charge in [-0.3, -0.25) is 0 Å². The van der Waals surface area contributed by atoms with E-state index in [1.165, 1.54) is 10.9 Å². The molecule has 0 bridgehead atoms. The van der Waals surface area contributed by atoms with Gasteiger partial charge in [-0.15, -0.1) is 0 Å². The number of rotatable bonds is 8. The van der Waals surface area contributed by atoms with Crippen LogP contribution in [0.3, 0.4) is 0 Å². The van der Waals surface area contributed by atoms with Crippen molar-refractivity contribution in [3.63, 3.8) is 0 Å². The fraction of sp³-hybridized carbons (Fsp3) is 0.267. The molecule has 1 aromatic heterocycles. The zero-order valence-electron chi connectivity index (χ0n) is 20.3. The van der Waals surface area contributed by atoms with Crippen LogP contribution in [-0.4, -0.2) is 35.0 Å². The molecule has 1 aliphatic rings. The summed E-state index contributed by atoms with van der Waals surface area (Å²) in [5.74, 6) is 0. The maximum Gasteiger partial charge on any atom is 0.419 e. The van der Waals surface area contributed by atoms with Crippen molar-refractivity contribution < 1.29 is 19.0 Å². The van der Waals surface area contributed by atoms with Crippen LogP contribution in [0.25, 0.3) is 0 Å². The third kappa shape index (κ3) is 4.83. The number of aromatic nitrogens is 2. The molecular formula is C30H30N2O4. The minimum Gasteiger partial charge on any atom is -0.449 e. The quantitative estimate of drug-likeness (QED) is 0.283. The zero-order chi connectivity index (χ0) is 24.8. The lowest BCUT2D eigenvalue weighted by molar-refractivity contribution is -0.0628. The number of hydrogen-bond acceptors (Lipinski definition) is 5. The molecule has 2 atom stereocenters. The molecule has 0 amide bonds. The number of carbonyl (C=O) groups excluding carboxylic acids is 1. The highest BCUT2D eigenvalue weighted by Gasteiger charge is 2.39. The first-order chi connectivity index (χ1) is 17.7. The van der Waals surface area contributed by atoms with Crippen LogP contribution in [0.2, 0.25) is 0 Å². The molecule has 1 saturated heterocycles. The first kappa shape index (κ1) is 24.0. The van der Waals surface area contributed by atoms with Gasteiger partial charge in [0, 0.05) is 6.20 Å². The van der Waals surface area contributed by atoms with Crippen LogP contribution < -0.4 is 0 Å². The standard InChI is InChI=1S/C30H30N2O4/c1-2-34-29(33)32-20-27(31-22-32)28-19-18-26(36-28)21-35-30(23-12-6-3-7-13-23,24-14-8-4-9-15-24)25-16-10-5-11-17-25/h3-17,20,22,26,28H,2,18-19,21H2,1H3/t26-,28-/m1/s1.